The molecule has 0 aliphatic rings. The van der Waals surface area contributed by atoms with Crippen LogP contribution in [0.3, 0.4) is 0 Å². The standard InChI is InChI=1S/C19H24N4Si2/c1-24(2,3)14-12-18-19(13-15-25(4,5)6)23(22-21-18)20-16-17-10-8-7-9-11-17/h7-11,16H,1-6H3/b20-16+. The van der Waals surface area contributed by atoms with E-state index in [0.29, 0.717) is 11.4 Å². The van der Waals surface area contributed by atoms with Crippen LogP contribution in [0.15, 0.2) is 35.4 Å². The summed E-state index contributed by atoms with van der Waals surface area (Å²) >= 11 is 0. The van der Waals surface area contributed by atoms with Gasteiger partial charge in [-0.15, -0.1) is 21.0 Å². The van der Waals surface area contributed by atoms with E-state index in [1.807, 2.05) is 30.3 Å². The number of benzene rings is 1. The quantitative estimate of drug-likeness (QED) is 0.464. The second kappa shape index (κ2) is 7.65. The van der Waals surface area contributed by atoms with Gasteiger partial charge in [-0.2, -0.15) is 5.10 Å². The average Bonchev–Trinajstić information content (AvgIpc) is 2.90. The highest BCUT2D eigenvalue weighted by Crippen LogP contribution is 2.06. The van der Waals surface area contributed by atoms with Gasteiger partial charge in [0.2, 0.25) is 0 Å². The van der Waals surface area contributed by atoms with Gasteiger partial charge >= 0.3 is 0 Å². The fraction of sp³-hybridized carbons (Fsp3) is 0.316. The molecule has 0 aliphatic heterocycles. The largest absolute Gasteiger partial charge is 0.173 e. The Labute approximate surface area is 152 Å². The monoisotopic (exact) mass is 364 g/mol. The van der Waals surface area contributed by atoms with Crippen LogP contribution in [0, 0.1) is 22.9 Å². The fourth-order valence-corrected chi connectivity index (χ4v) is 2.69. The van der Waals surface area contributed by atoms with E-state index in [4.69, 9.17) is 0 Å². The van der Waals surface area contributed by atoms with E-state index in [0.717, 1.165) is 5.56 Å². The lowest BCUT2D eigenvalue weighted by atomic mass is 10.2. The number of nitrogens with zero attached hydrogens (tertiary/aromatic N) is 4. The minimum Gasteiger partial charge on any atom is -0.156 e. The first-order valence-corrected chi connectivity index (χ1v) is 15.3. The topological polar surface area (TPSA) is 43.1 Å². The van der Waals surface area contributed by atoms with Crippen molar-refractivity contribution in [2.75, 3.05) is 0 Å². The predicted octanol–water partition coefficient (Wildman–Crippen LogP) is 3.62. The number of hydrogen-bond donors (Lipinski definition) is 0. The summed E-state index contributed by atoms with van der Waals surface area (Å²) in [5, 5.41) is 12.7. The van der Waals surface area contributed by atoms with Crippen LogP contribution in [0.25, 0.3) is 0 Å². The Hall–Kier alpha value is -2.42. The molecular formula is C19H24N4Si2. The highest BCUT2D eigenvalue weighted by molar-refractivity contribution is 6.84. The molecule has 0 aliphatic carbocycles. The van der Waals surface area contributed by atoms with Crippen molar-refractivity contribution in [1.29, 1.82) is 0 Å². The first-order chi connectivity index (χ1) is 11.6. The molecule has 0 fully saturated rings. The first kappa shape index (κ1) is 18.9. The van der Waals surface area contributed by atoms with Gasteiger partial charge in [0.15, 0.2) is 11.4 Å². The number of hydrogen-bond acceptors (Lipinski definition) is 3. The van der Waals surface area contributed by atoms with E-state index >= 15 is 0 Å². The molecule has 0 bridgehead atoms. The lowest BCUT2D eigenvalue weighted by Crippen LogP contribution is -2.17. The van der Waals surface area contributed by atoms with Gasteiger partial charge in [-0.1, -0.05) is 69.6 Å². The van der Waals surface area contributed by atoms with Gasteiger partial charge in [0.1, 0.15) is 16.1 Å². The molecule has 2 aromatic rings. The normalized spacial score (nSPS) is 11.6. The Morgan fingerprint density at radius 3 is 2.12 bits per heavy atom. The van der Waals surface area contributed by atoms with Gasteiger partial charge < -0.3 is 0 Å². The zero-order chi connectivity index (χ0) is 18.5. The van der Waals surface area contributed by atoms with E-state index in [2.05, 4.69) is 77.6 Å². The smallest absolute Gasteiger partial charge is 0.156 e. The van der Waals surface area contributed by atoms with Crippen LogP contribution in [-0.2, 0) is 0 Å². The lowest BCUT2D eigenvalue weighted by Gasteiger charge is -2.04. The molecule has 0 atom stereocenters. The molecule has 1 aromatic carbocycles. The van der Waals surface area contributed by atoms with Gasteiger partial charge in [0, 0.05) is 0 Å². The minimum absolute atomic E-state index is 0.610. The SMILES string of the molecule is C[Si](C)(C)C#Cc1nnn(/N=C/c2ccccc2)c1C#C[Si](C)(C)C. The van der Waals surface area contributed by atoms with Crippen molar-refractivity contribution in [2.45, 2.75) is 39.3 Å². The Morgan fingerprint density at radius 2 is 1.52 bits per heavy atom. The molecule has 4 nitrogen and oxygen atoms in total. The minimum atomic E-state index is -1.53. The van der Waals surface area contributed by atoms with E-state index < -0.39 is 16.1 Å². The van der Waals surface area contributed by atoms with Crippen LogP contribution in [0.5, 0.6) is 0 Å². The molecule has 0 amide bonds. The van der Waals surface area contributed by atoms with Crippen LogP contribution in [-0.4, -0.2) is 37.5 Å². The summed E-state index contributed by atoms with van der Waals surface area (Å²) in [5.41, 5.74) is 8.96. The summed E-state index contributed by atoms with van der Waals surface area (Å²) in [7, 11) is -3.03. The van der Waals surface area contributed by atoms with Crippen molar-refractivity contribution in [3.63, 3.8) is 0 Å². The second-order valence-electron chi connectivity index (χ2n) is 7.83. The van der Waals surface area contributed by atoms with Crippen LogP contribution in [0.1, 0.15) is 17.0 Å². The second-order valence-corrected chi connectivity index (χ2v) is 17.3. The third-order valence-corrected chi connectivity index (χ3v) is 4.63. The maximum Gasteiger partial charge on any atom is 0.173 e. The Kier molecular flexibility index (Phi) is 5.79. The summed E-state index contributed by atoms with van der Waals surface area (Å²) in [5.74, 6) is 6.39. The molecule has 0 N–H and O–H groups in total. The molecule has 1 aromatic heterocycles. The average molecular weight is 365 g/mol. The predicted molar refractivity (Wildman–Crippen MR) is 110 cm³/mol. The van der Waals surface area contributed by atoms with Gasteiger partial charge in [0.25, 0.3) is 0 Å². The molecule has 6 heteroatoms. The van der Waals surface area contributed by atoms with E-state index in [1.54, 1.807) is 6.21 Å². The van der Waals surface area contributed by atoms with Crippen LogP contribution < -0.4 is 0 Å². The molecule has 0 saturated carbocycles. The molecular weight excluding hydrogens is 340 g/mol. The number of rotatable bonds is 2. The first-order valence-electron chi connectivity index (χ1n) is 8.25. The highest BCUT2D eigenvalue weighted by atomic mass is 28.3. The molecule has 1 heterocycles. The number of aromatic nitrogens is 3. The third-order valence-electron chi connectivity index (χ3n) is 2.88. The molecule has 0 saturated heterocycles. The molecule has 0 radical (unpaired) electrons. The summed E-state index contributed by atoms with van der Waals surface area (Å²) in [6.07, 6.45) is 1.75. The van der Waals surface area contributed by atoms with Crippen LogP contribution in [0.4, 0.5) is 0 Å². The fourth-order valence-electron chi connectivity index (χ4n) is 1.70. The van der Waals surface area contributed by atoms with Crippen molar-refractivity contribution in [1.82, 2.24) is 15.1 Å². The van der Waals surface area contributed by atoms with Crippen LogP contribution >= 0.6 is 0 Å². The Balaban J connectivity index is 2.45. The summed E-state index contributed by atoms with van der Waals surface area (Å²) in [6.45, 7) is 13.2. The van der Waals surface area contributed by atoms with E-state index in [9.17, 15) is 0 Å². The van der Waals surface area contributed by atoms with Gasteiger partial charge in [0.05, 0.1) is 6.21 Å². The Bertz CT molecular complexity index is 877. The van der Waals surface area contributed by atoms with Gasteiger partial charge in [-0.25, -0.2) is 0 Å². The van der Waals surface area contributed by atoms with Crippen molar-refractivity contribution < 1.29 is 0 Å². The van der Waals surface area contributed by atoms with Crippen molar-refractivity contribution in [2.24, 2.45) is 5.10 Å². The summed E-state index contributed by atoms with van der Waals surface area (Å²) < 4.78 is 0. The highest BCUT2D eigenvalue weighted by Gasteiger charge is 2.13. The molecule has 0 unspecified atom stereocenters. The van der Waals surface area contributed by atoms with Gasteiger partial charge in [-0.3, -0.25) is 0 Å². The van der Waals surface area contributed by atoms with Crippen molar-refractivity contribution >= 4 is 22.4 Å². The molecule has 128 valence electrons. The van der Waals surface area contributed by atoms with Crippen molar-refractivity contribution in [3.05, 3.63) is 47.3 Å². The summed E-state index contributed by atoms with van der Waals surface area (Å²) in [4.78, 5) is 1.48. The maximum absolute atomic E-state index is 4.42. The van der Waals surface area contributed by atoms with E-state index in [-0.39, 0.29) is 0 Å². The lowest BCUT2D eigenvalue weighted by molar-refractivity contribution is 0.690. The molecule has 0 spiro atoms. The van der Waals surface area contributed by atoms with E-state index in [1.165, 1.54) is 4.79 Å². The third kappa shape index (κ3) is 6.54. The molecule has 2 rings (SSSR count). The zero-order valence-electron chi connectivity index (χ0n) is 15.8. The van der Waals surface area contributed by atoms with Crippen LogP contribution in [0.2, 0.25) is 39.3 Å². The zero-order valence-corrected chi connectivity index (χ0v) is 17.8. The molecule has 25 heavy (non-hydrogen) atoms. The summed E-state index contributed by atoms with van der Waals surface area (Å²) in [6, 6.07) is 9.89. The van der Waals surface area contributed by atoms with Crippen molar-refractivity contribution in [3.8, 4) is 22.9 Å². The Morgan fingerprint density at radius 1 is 0.920 bits per heavy atom. The maximum atomic E-state index is 4.42. The van der Waals surface area contributed by atoms with Gasteiger partial charge in [-0.05, 0) is 22.6 Å².